The summed E-state index contributed by atoms with van der Waals surface area (Å²) in [5.74, 6) is -0.152. The van der Waals surface area contributed by atoms with Gasteiger partial charge in [0, 0.05) is 12.3 Å². The van der Waals surface area contributed by atoms with Gasteiger partial charge in [-0.3, -0.25) is 9.78 Å². The minimum atomic E-state index is -0.281. The molecule has 0 saturated carbocycles. The van der Waals surface area contributed by atoms with Crippen LogP contribution in [-0.4, -0.2) is 10.9 Å². The number of rotatable bonds is 5. The minimum absolute atomic E-state index is 0.152. The molecule has 1 amide bonds. The van der Waals surface area contributed by atoms with Crippen molar-refractivity contribution in [2.75, 3.05) is 0 Å². The molecule has 1 N–H and O–H groups in total. The SMILES string of the molecule is Cc1cccc(/C=C/C(=O)NC(c2ccccc2)c2ccccn2)c1. The summed E-state index contributed by atoms with van der Waals surface area (Å²) in [6.45, 7) is 2.03. The molecule has 0 aliphatic heterocycles. The lowest BCUT2D eigenvalue weighted by Gasteiger charge is -2.17. The van der Waals surface area contributed by atoms with Crippen LogP contribution in [0.15, 0.2) is 85.1 Å². The summed E-state index contributed by atoms with van der Waals surface area (Å²) in [6.07, 6.45) is 5.12. The van der Waals surface area contributed by atoms with Crippen molar-refractivity contribution in [2.24, 2.45) is 0 Å². The highest BCUT2D eigenvalue weighted by atomic mass is 16.1. The summed E-state index contributed by atoms with van der Waals surface area (Å²) in [7, 11) is 0. The first-order chi connectivity index (χ1) is 12.2. The van der Waals surface area contributed by atoms with Crippen molar-refractivity contribution in [3.05, 3.63) is 107 Å². The number of benzene rings is 2. The molecule has 124 valence electrons. The van der Waals surface area contributed by atoms with E-state index in [-0.39, 0.29) is 11.9 Å². The highest BCUT2D eigenvalue weighted by molar-refractivity contribution is 5.92. The van der Waals surface area contributed by atoms with E-state index in [1.165, 1.54) is 5.56 Å². The second-order valence-electron chi connectivity index (χ2n) is 5.85. The molecule has 0 saturated heterocycles. The highest BCUT2D eigenvalue weighted by Gasteiger charge is 2.16. The molecule has 0 spiro atoms. The van der Waals surface area contributed by atoms with Crippen LogP contribution in [0, 0.1) is 6.92 Å². The van der Waals surface area contributed by atoms with E-state index < -0.39 is 0 Å². The van der Waals surface area contributed by atoms with Crippen molar-refractivity contribution in [2.45, 2.75) is 13.0 Å². The second kappa shape index (κ2) is 8.06. The number of aromatic nitrogens is 1. The van der Waals surface area contributed by atoms with E-state index >= 15 is 0 Å². The number of hydrogen-bond acceptors (Lipinski definition) is 2. The first kappa shape index (κ1) is 16.7. The summed E-state index contributed by atoms with van der Waals surface area (Å²) in [4.78, 5) is 16.8. The lowest BCUT2D eigenvalue weighted by Crippen LogP contribution is -2.28. The number of pyridine rings is 1. The Morgan fingerprint density at radius 1 is 1.00 bits per heavy atom. The van der Waals surface area contributed by atoms with Crippen molar-refractivity contribution in [1.82, 2.24) is 10.3 Å². The van der Waals surface area contributed by atoms with E-state index in [0.717, 1.165) is 16.8 Å². The quantitative estimate of drug-likeness (QED) is 0.709. The van der Waals surface area contributed by atoms with Gasteiger partial charge in [0.2, 0.25) is 5.91 Å². The number of carbonyl (C=O) groups excluding carboxylic acids is 1. The number of hydrogen-bond donors (Lipinski definition) is 1. The van der Waals surface area contributed by atoms with Crippen LogP contribution >= 0.6 is 0 Å². The highest BCUT2D eigenvalue weighted by Crippen LogP contribution is 2.20. The second-order valence-corrected chi connectivity index (χ2v) is 5.85. The molecule has 1 unspecified atom stereocenters. The largest absolute Gasteiger partial charge is 0.340 e. The van der Waals surface area contributed by atoms with Crippen LogP contribution in [0.5, 0.6) is 0 Å². The van der Waals surface area contributed by atoms with Gasteiger partial charge in [-0.1, -0.05) is 66.2 Å². The van der Waals surface area contributed by atoms with Crippen molar-refractivity contribution in [1.29, 1.82) is 0 Å². The molecule has 0 aliphatic carbocycles. The van der Waals surface area contributed by atoms with Crippen molar-refractivity contribution in [3.8, 4) is 0 Å². The summed E-state index contributed by atoms with van der Waals surface area (Å²) in [5, 5.41) is 3.05. The number of aryl methyl sites for hydroxylation is 1. The van der Waals surface area contributed by atoms with Crippen LogP contribution in [0.25, 0.3) is 6.08 Å². The molecule has 3 nitrogen and oxygen atoms in total. The Balaban J connectivity index is 1.79. The van der Waals surface area contributed by atoms with Gasteiger partial charge in [-0.25, -0.2) is 0 Å². The van der Waals surface area contributed by atoms with Crippen LogP contribution in [0.3, 0.4) is 0 Å². The molecule has 0 fully saturated rings. The maximum Gasteiger partial charge on any atom is 0.244 e. The fraction of sp³-hybridized carbons (Fsp3) is 0.0909. The Morgan fingerprint density at radius 3 is 2.52 bits per heavy atom. The third-order valence-corrected chi connectivity index (χ3v) is 3.87. The summed E-state index contributed by atoms with van der Waals surface area (Å²) in [5.41, 5.74) is 3.98. The van der Waals surface area contributed by atoms with E-state index in [1.807, 2.05) is 85.8 Å². The normalized spacial score (nSPS) is 12.0. The lowest BCUT2D eigenvalue weighted by molar-refractivity contribution is -0.116. The average molecular weight is 328 g/mol. The first-order valence-corrected chi connectivity index (χ1v) is 8.23. The summed E-state index contributed by atoms with van der Waals surface area (Å²) >= 11 is 0. The topological polar surface area (TPSA) is 42.0 Å². The minimum Gasteiger partial charge on any atom is -0.340 e. The van der Waals surface area contributed by atoms with Crippen LogP contribution in [0.4, 0.5) is 0 Å². The van der Waals surface area contributed by atoms with Gasteiger partial charge in [-0.05, 0) is 36.3 Å². The zero-order chi connectivity index (χ0) is 17.5. The Kier molecular flexibility index (Phi) is 5.37. The molecule has 1 atom stereocenters. The van der Waals surface area contributed by atoms with Gasteiger partial charge in [0.1, 0.15) is 0 Å². The zero-order valence-corrected chi connectivity index (χ0v) is 14.1. The van der Waals surface area contributed by atoms with Crippen molar-refractivity contribution >= 4 is 12.0 Å². The van der Waals surface area contributed by atoms with Crippen LogP contribution in [-0.2, 0) is 4.79 Å². The van der Waals surface area contributed by atoms with Gasteiger partial charge in [0.15, 0.2) is 0 Å². The first-order valence-electron chi connectivity index (χ1n) is 8.23. The molecular weight excluding hydrogens is 308 g/mol. The zero-order valence-electron chi connectivity index (χ0n) is 14.1. The molecule has 1 heterocycles. The molecule has 25 heavy (non-hydrogen) atoms. The van der Waals surface area contributed by atoms with Crippen LogP contribution < -0.4 is 5.32 Å². The number of nitrogens with one attached hydrogen (secondary N) is 1. The molecule has 0 aliphatic rings. The Bertz CT molecular complexity index is 818. The molecule has 0 bridgehead atoms. The number of nitrogens with zero attached hydrogens (tertiary/aromatic N) is 1. The number of carbonyl (C=O) groups is 1. The van der Waals surface area contributed by atoms with E-state index in [1.54, 1.807) is 12.3 Å². The van der Waals surface area contributed by atoms with Gasteiger partial charge >= 0.3 is 0 Å². The fourth-order valence-corrected chi connectivity index (χ4v) is 2.66. The molecule has 1 aromatic heterocycles. The molecule has 3 aromatic rings. The summed E-state index contributed by atoms with van der Waals surface area (Å²) < 4.78 is 0. The molecule has 0 radical (unpaired) electrons. The average Bonchev–Trinajstić information content (AvgIpc) is 2.66. The Morgan fingerprint density at radius 2 is 1.80 bits per heavy atom. The molecule has 2 aromatic carbocycles. The predicted molar refractivity (Wildman–Crippen MR) is 101 cm³/mol. The molecular formula is C22H20N2O. The standard InChI is InChI=1S/C22H20N2O/c1-17-8-7-9-18(16-17)13-14-21(25)24-22(19-10-3-2-4-11-19)20-12-5-6-15-23-20/h2-16,22H,1H3,(H,24,25)/b14-13+. The van der Waals surface area contributed by atoms with Crippen LogP contribution in [0.2, 0.25) is 0 Å². The summed E-state index contributed by atoms with van der Waals surface area (Å²) in [6, 6.07) is 23.3. The Labute approximate surface area is 148 Å². The maximum absolute atomic E-state index is 12.4. The predicted octanol–water partition coefficient (Wildman–Crippen LogP) is 4.31. The van der Waals surface area contributed by atoms with Crippen molar-refractivity contribution in [3.63, 3.8) is 0 Å². The Hall–Kier alpha value is -3.20. The fourth-order valence-electron chi connectivity index (χ4n) is 2.66. The monoisotopic (exact) mass is 328 g/mol. The smallest absolute Gasteiger partial charge is 0.244 e. The third-order valence-electron chi connectivity index (χ3n) is 3.87. The van der Waals surface area contributed by atoms with Gasteiger partial charge in [0.05, 0.1) is 11.7 Å². The van der Waals surface area contributed by atoms with E-state index in [2.05, 4.69) is 10.3 Å². The molecule has 3 rings (SSSR count). The van der Waals surface area contributed by atoms with Crippen molar-refractivity contribution < 1.29 is 4.79 Å². The van der Waals surface area contributed by atoms with Gasteiger partial charge in [0.25, 0.3) is 0 Å². The lowest BCUT2D eigenvalue weighted by atomic mass is 10.0. The number of amides is 1. The van der Waals surface area contributed by atoms with E-state index in [9.17, 15) is 4.79 Å². The van der Waals surface area contributed by atoms with Gasteiger partial charge < -0.3 is 5.32 Å². The van der Waals surface area contributed by atoms with E-state index in [0.29, 0.717) is 0 Å². The molecule has 3 heteroatoms. The van der Waals surface area contributed by atoms with E-state index in [4.69, 9.17) is 0 Å². The van der Waals surface area contributed by atoms with Gasteiger partial charge in [-0.2, -0.15) is 0 Å². The van der Waals surface area contributed by atoms with Crippen LogP contribution in [0.1, 0.15) is 28.4 Å². The maximum atomic E-state index is 12.4. The van der Waals surface area contributed by atoms with Gasteiger partial charge in [-0.15, -0.1) is 0 Å². The third kappa shape index (κ3) is 4.64.